The summed E-state index contributed by atoms with van der Waals surface area (Å²) < 4.78 is 21.9. The number of aliphatic hydroxyl groups is 2. The third-order valence-corrected chi connectivity index (χ3v) is 3.93. The highest BCUT2D eigenvalue weighted by atomic mass is 19.1. The van der Waals surface area contributed by atoms with Crippen LogP contribution in [0.1, 0.15) is 20.1 Å². The molecular formula is C13H17FN4O3. The number of halogens is 1. The van der Waals surface area contributed by atoms with Gasteiger partial charge >= 0.3 is 0 Å². The van der Waals surface area contributed by atoms with Crippen LogP contribution >= 0.6 is 0 Å². The molecule has 7 nitrogen and oxygen atoms in total. The van der Waals surface area contributed by atoms with Crippen LogP contribution in [-0.4, -0.2) is 48.7 Å². The summed E-state index contributed by atoms with van der Waals surface area (Å²) in [6.45, 7) is 2.68. The van der Waals surface area contributed by atoms with Crippen molar-refractivity contribution in [3.63, 3.8) is 0 Å². The fourth-order valence-electron chi connectivity index (χ4n) is 2.72. The number of nitrogens with zero attached hydrogens (tertiary/aromatic N) is 3. The van der Waals surface area contributed by atoms with Gasteiger partial charge in [0.1, 0.15) is 30.0 Å². The molecule has 0 aliphatic carbocycles. The highest BCUT2D eigenvalue weighted by Gasteiger charge is 2.56. The smallest absolute Gasteiger partial charge is 0.181 e. The van der Waals surface area contributed by atoms with Crippen molar-refractivity contribution < 1.29 is 19.3 Å². The Morgan fingerprint density at radius 1 is 1.52 bits per heavy atom. The van der Waals surface area contributed by atoms with Gasteiger partial charge in [-0.25, -0.2) is 14.4 Å². The maximum Gasteiger partial charge on any atom is 0.181 e. The van der Waals surface area contributed by atoms with Gasteiger partial charge in [0.15, 0.2) is 11.9 Å². The second-order valence-corrected chi connectivity index (χ2v) is 5.51. The molecule has 3 heterocycles. The normalized spacial score (nSPS) is 34.4. The van der Waals surface area contributed by atoms with Gasteiger partial charge in [-0.15, -0.1) is 0 Å². The van der Waals surface area contributed by atoms with Crippen LogP contribution < -0.4 is 5.73 Å². The minimum Gasteiger partial charge on any atom is -0.391 e. The van der Waals surface area contributed by atoms with E-state index < -0.39 is 30.2 Å². The first-order valence-corrected chi connectivity index (χ1v) is 6.61. The Morgan fingerprint density at radius 2 is 2.24 bits per heavy atom. The first-order valence-electron chi connectivity index (χ1n) is 6.61. The molecule has 8 heteroatoms. The first kappa shape index (κ1) is 14.2. The summed E-state index contributed by atoms with van der Waals surface area (Å²) in [5.74, 6) is 0.282. The Hall–Kier alpha value is -1.77. The maximum absolute atomic E-state index is 14.9. The van der Waals surface area contributed by atoms with Crippen LogP contribution in [0, 0.1) is 0 Å². The van der Waals surface area contributed by atoms with E-state index in [2.05, 4.69) is 9.97 Å². The minimum atomic E-state index is -2.08. The number of aromatic nitrogens is 3. The number of ether oxygens (including phenoxy) is 1. The van der Waals surface area contributed by atoms with Crippen LogP contribution in [0.2, 0.25) is 0 Å². The highest BCUT2D eigenvalue weighted by Crippen LogP contribution is 2.43. The Labute approximate surface area is 120 Å². The molecule has 2 aromatic rings. The van der Waals surface area contributed by atoms with Crippen molar-refractivity contribution in [1.29, 1.82) is 0 Å². The molecule has 21 heavy (non-hydrogen) atoms. The lowest BCUT2D eigenvalue weighted by molar-refractivity contribution is -0.0793. The van der Waals surface area contributed by atoms with E-state index in [1.54, 1.807) is 12.3 Å². The average Bonchev–Trinajstić information content (AvgIpc) is 2.92. The molecular weight excluding hydrogens is 279 g/mol. The van der Waals surface area contributed by atoms with Crippen LogP contribution in [-0.2, 0) is 4.74 Å². The van der Waals surface area contributed by atoms with Crippen molar-refractivity contribution in [2.24, 2.45) is 0 Å². The molecule has 0 aromatic carbocycles. The Kier molecular flexibility index (Phi) is 3.12. The van der Waals surface area contributed by atoms with E-state index in [0.717, 1.165) is 0 Å². The zero-order valence-corrected chi connectivity index (χ0v) is 11.6. The van der Waals surface area contributed by atoms with E-state index >= 15 is 0 Å². The van der Waals surface area contributed by atoms with E-state index in [-0.39, 0.29) is 5.82 Å². The average molecular weight is 296 g/mol. The molecule has 0 bridgehead atoms. The van der Waals surface area contributed by atoms with E-state index in [9.17, 15) is 14.6 Å². The largest absolute Gasteiger partial charge is 0.391 e. The maximum atomic E-state index is 14.9. The van der Waals surface area contributed by atoms with Gasteiger partial charge in [0.25, 0.3) is 0 Å². The van der Waals surface area contributed by atoms with Crippen LogP contribution in [0.25, 0.3) is 11.0 Å². The molecule has 4 N–H and O–H groups in total. The number of aliphatic hydroxyl groups excluding tert-OH is 2. The second-order valence-electron chi connectivity index (χ2n) is 5.51. The molecule has 1 aliphatic rings. The van der Waals surface area contributed by atoms with Crippen molar-refractivity contribution in [1.82, 2.24) is 14.5 Å². The molecule has 114 valence electrons. The number of alkyl halides is 1. The van der Waals surface area contributed by atoms with Crippen molar-refractivity contribution in [3.8, 4) is 0 Å². The third kappa shape index (κ3) is 1.98. The lowest BCUT2D eigenvalue weighted by Gasteiger charge is -2.25. The minimum absolute atomic E-state index is 0.282. The first-order chi connectivity index (χ1) is 9.84. The molecule has 0 amide bonds. The molecule has 5 atom stereocenters. The van der Waals surface area contributed by atoms with E-state index in [1.807, 2.05) is 0 Å². The van der Waals surface area contributed by atoms with Crippen molar-refractivity contribution in [2.45, 2.75) is 44.1 Å². The van der Waals surface area contributed by atoms with Gasteiger partial charge in [-0.2, -0.15) is 0 Å². The number of anilines is 1. The van der Waals surface area contributed by atoms with Crippen molar-refractivity contribution in [3.05, 3.63) is 18.6 Å². The molecule has 0 radical (unpaired) electrons. The number of hydrogen-bond acceptors (Lipinski definition) is 6. The van der Waals surface area contributed by atoms with E-state index in [4.69, 9.17) is 10.5 Å². The quantitative estimate of drug-likeness (QED) is 0.739. The zero-order valence-electron chi connectivity index (χ0n) is 11.6. The van der Waals surface area contributed by atoms with Crippen LogP contribution in [0.5, 0.6) is 0 Å². The van der Waals surface area contributed by atoms with Crippen LogP contribution in [0.15, 0.2) is 18.6 Å². The van der Waals surface area contributed by atoms with E-state index in [1.165, 1.54) is 24.7 Å². The highest BCUT2D eigenvalue weighted by molar-refractivity contribution is 5.86. The van der Waals surface area contributed by atoms with Gasteiger partial charge in [-0.3, -0.25) is 0 Å². The summed E-state index contributed by atoms with van der Waals surface area (Å²) in [5.41, 5.74) is 4.09. The van der Waals surface area contributed by atoms with Gasteiger partial charge in [0.05, 0.1) is 11.5 Å². The summed E-state index contributed by atoms with van der Waals surface area (Å²) in [4.78, 5) is 7.96. The number of rotatable bonds is 2. The van der Waals surface area contributed by atoms with Gasteiger partial charge in [-0.1, -0.05) is 0 Å². The van der Waals surface area contributed by atoms with Gasteiger partial charge in [-0.05, 0) is 19.9 Å². The van der Waals surface area contributed by atoms with Crippen LogP contribution in [0.3, 0.4) is 0 Å². The molecule has 1 saturated heterocycles. The zero-order chi connectivity index (χ0) is 15.4. The SMILES string of the molecule is CC(O)C1O[C@@H](n2ccc3c(N)ncnc32)[C@](C)(F)[C@@H]1O. The molecule has 1 aliphatic heterocycles. The molecule has 2 unspecified atom stereocenters. The summed E-state index contributed by atoms with van der Waals surface area (Å²) in [6.07, 6.45) is -1.71. The molecule has 0 spiro atoms. The molecule has 2 aromatic heterocycles. The molecule has 3 rings (SSSR count). The monoisotopic (exact) mass is 296 g/mol. The topological polar surface area (TPSA) is 106 Å². The summed E-state index contributed by atoms with van der Waals surface area (Å²) >= 11 is 0. The summed E-state index contributed by atoms with van der Waals surface area (Å²) in [7, 11) is 0. The Morgan fingerprint density at radius 3 is 2.86 bits per heavy atom. The number of fused-ring (bicyclic) bond motifs is 1. The molecule has 0 saturated carbocycles. The fraction of sp³-hybridized carbons (Fsp3) is 0.538. The van der Waals surface area contributed by atoms with Gasteiger partial charge in [0, 0.05) is 6.20 Å². The predicted octanol–water partition coefficient (Wildman–Crippen LogP) is 0.381. The van der Waals surface area contributed by atoms with Crippen molar-refractivity contribution in [2.75, 3.05) is 5.73 Å². The van der Waals surface area contributed by atoms with Crippen LogP contribution in [0.4, 0.5) is 10.2 Å². The van der Waals surface area contributed by atoms with Gasteiger partial charge < -0.3 is 25.3 Å². The number of nitrogens with two attached hydrogens (primary N) is 1. The third-order valence-electron chi connectivity index (χ3n) is 3.93. The molecule has 1 fully saturated rings. The Bertz CT molecular complexity index is 672. The number of nitrogen functional groups attached to an aromatic ring is 1. The van der Waals surface area contributed by atoms with Gasteiger partial charge in [0.2, 0.25) is 0 Å². The summed E-state index contributed by atoms with van der Waals surface area (Å²) in [6, 6.07) is 1.66. The standard InChI is InChI=1S/C13H17FN4O3/c1-6(19)8-9(20)13(2,14)12(21-8)18-4-3-7-10(15)16-5-17-11(7)18/h3-6,8-9,12,19-20H,1-2H3,(H2,15,16,17)/t6?,8?,9-,12-,13-/m1/s1. The summed E-state index contributed by atoms with van der Waals surface area (Å²) in [5, 5.41) is 20.2. The number of hydrogen-bond donors (Lipinski definition) is 3. The van der Waals surface area contributed by atoms with E-state index in [0.29, 0.717) is 11.0 Å². The predicted molar refractivity (Wildman–Crippen MR) is 73.1 cm³/mol. The van der Waals surface area contributed by atoms with Crippen molar-refractivity contribution >= 4 is 16.9 Å². The fourth-order valence-corrected chi connectivity index (χ4v) is 2.72. The Balaban J connectivity index is 2.08. The lowest BCUT2D eigenvalue weighted by atomic mass is 9.96. The second kappa shape index (κ2) is 4.62. The lowest BCUT2D eigenvalue weighted by Crippen LogP contribution is -2.42.